The van der Waals surface area contributed by atoms with Crippen molar-refractivity contribution in [3.8, 4) is 0 Å². The Balaban J connectivity index is 1.34. The van der Waals surface area contributed by atoms with Gasteiger partial charge in [-0.2, -0.15) is 0 Å². The van der Waals surface area contributed by atoms with Gasteiger partial charge in [0.15, 0.2) is 5.79 Å². The fourth-order valence-corrected chi connectivity index (χ4v) is 10.8. The van der Waals surface area contributed by atoms with Crippen LogP contribution in [0.2, 0.25) is 0 Å². The van der Waals surface area contributed by atoms with Crippen molar-refractivity contribution in [3.63, 3.8) is 0 Å². The summed E-state index contributed by atoms with van der Waals surface area (Å²) in [6, 6.07) is 0. The Morgan fingerprint density at radius 3 is 2.21 bits per heavy atom. The van der Waals surface area contributed by atoms with Crippen molar-refractivity contribution in [2.75, 3.05) is 0 Å². The Bertz CT molecular complexity index is 849. The van der Waals surface area contributed by atoms with Crippen LogP contribution in [0.3, 0.4) is 0 Å². The topological polar surface area (TPSA) is 79.2 Å². The van der Waals surface area contributed by atoms with E-state index in [4.69, 9.17) is 9.47 Å². The van der Waals surface area contributed by atoms with Crippen LogP contribution in [-0.4, -0.2) is 50.6 Å². The normalized spacial score (nSPS) is 61.6. The SMILES string of the molecule is CC1(C)C[C@]2(O[C@H]3C[C@H]4[C@@H]5CC[C@H]6C[C@H](O)CC[C@]6(C)[C@H]5[C@@H](O)C[C@]4(C)[C@H]3[C@@]2(C)O)OC1(C)C. The first-order valence-electron chi connectivity index (χ1n) is 14.0. The second-order valence-electron chi connectivity index (χ2n) is 15.2. The zero-order valence-electron chi connectivity index (χ0n) is 22.4. The lowest BCUT2D eigenvalue weighted by molar-refractivity contribution is -0.301. The van der Waals surface area contributed by atoms with Gasteiger partial charge < -0.3 is 24.8 Å². The predicted molar refractivity (Wildman–Crippen MR) is 130 cm³/mol. The average Bonchev–Trinajstić information content (AvgIpc) is 3.17. The maximum Gasteiger partial charge on any atom is 0.198 e. The summed E-state index contributed by atoms with van der Waals surface area (Å²) in [6.45, 7) is 15.4. The summed E-state index contributed by atoms with van der Waals surface area (Å²) in [7, 11) is 0. The summed E-state index contributed by atoms with van der Waals surface area (Å²) in [5.74, 6) is 0.694. The zero-order valence-corrected chi connectivity index (χ0v) is 22.4. The van der Waals surface area contributed by atoms with Gasteiger partial charge >= 0.3 is 0 Å². The molecule has 0 amide bonds. The fraction of sp³-hybridized carbons (Fsp3) is 1.00. The van der Waals surface area contributed by atoms with Crippen molar-refractivity contribution in [2.45, 2.75) is 135 Å². The van der Waals surface area contributed by atoms with Crippen LogP contribution in [0, 0.1) is 45.8 Å². The van der Waals surface area contributed by atoms with Crippen LogP contribution in [0.15, 0.2) is 0 Å². The van der Waals surface area contributed by atoms with Crippen LogP contribution >= 0.6 is 0 Å². The summed E-state index contributed by atoms with van der Waals surface area (Å²) in [5, 5.41) is 34.4. The van der Waals surface area contributed by atoms with E-state index in [1.807, 2.05) is 6.92 Å². The number of hydrogen-bond acceptors (Lipinski definition) is 5. The molecule has 34 heavy (non-hydrogen) atoms. The molecule has 194 valence electrons. The minimum atomic E-state index is -1.10. The first-order valence-corrected chi connectivity index (χ1v) is 14.0. The van der Waals surface area contributed by atoms with E-state index in [1.54, 1.807) is 0 Å². The molecule has 5 heteroatoms. The molecule has 0 aromatic carbocycles. The molecule has 2 aliphatic heterocycles. The summed E-state index contributed by atoms with van der Waals surface area (Å²) in [5.41, 5.74) is -1.66. The van der Waals surface area contributed by atoms with E-state index in [9.17, 15) is 15.3 Å². The molecule has 0 aromatic heterocycles. The number of fused-ring (bicyclic) bond motifs is 7. The second-order valence-corrected chi connectivity index (χ2v) is 15.2. The van der Waals surface area contributed by atoms with E-state index in [1.165, 1.54) is 0 Å². The Kier molecular flexibility index (Phi) is 4.84. The van der Waals surface area contributed by atoms with Gasteiger partial charge in [-0.1, -0.05) is 27.7 Å². The van der Waals surface area contributed by atoms with Gasteiger partial charge in [0.05, 0.1) is 23.9 Å². The van der Waals surface area contributed by atoms with E-state index in [-0.39, 0.29) is 52.0 Å². The third-order valence-corrected chi connectivity index (χ3v) is 13.0. The monoisotopic (exact) mass is 476 g/mol. The molecule has 0 aromatic rings. The molecule has 6 aliphatic rings. The molecule has 5 nitrogen and oxygen atoms in total. The number of aliphatic hydroxyl groups is 3. The quantitative estimate of drug-likeness (QED) is 0.474. The molecule has 6 rings (SSSR count). The van der Waals surface area contributed by atoms with Gasteiger partial charge in [0.1, 0.15) is 5.60 Å². The minimum absolute atomic E-state index is 0.0284. The highest BCUT2D eigenvalue weighted by Crippen LogP contribution is 2.73. The molecule has 1 spiro atoms. The van der Waals surface area contributed by atoms with Crippen molar-refractivity contribution in [1.82, 2.24) is 0 Å². The van der Waals surface area contributed by atoms with Crippen LogP contribution in [0.4, 0.5) is 0 Å². The van der Waals surface area contributed by atoms with Crippen molar-refractivity contribution < 1.29 is 24.8 Å². The van der Waals surface area contributed by atoms with Crippen LogP contribution in [0.5, 0.6) is 0 Å². The molecule has 4 aliphatic carbocycles. The highest BCUT2D eigenvalue weighted by atomic mass is 16.7. The molecule has 2 heterocycles. The van der Waals surface area contributed by atoms with Crippen LogP contribution < -0.4 is 0 Å². The fourth-order valence-electron chi connectivity index (χ4n) is 10.8. The first kappa shape index (κ1) is 24.2. The van der Waals surface area contributed by atoms with Gasteiger partial charge in [0, 0.05) is 12.3 Å². The van der Waals surface area contributed by atoms with E-state index >= 15 is 0 Å². The Morgan fingerprint density at radius 2 is 1.56 bits per heavy atom. The first-order chi connectivity index (χ1) is 15.6. The number of rotatable bonds is 0. The van der Waals surface area contributed by atoms with Gasteiger partial charge in [-0.3, -0.25) is 0 Å². The average molecular weight is 477 g/mol. The largest absolute Gasteiger partial charge is 0.393 e. The predicted octanol–water partition coefficient (Wildman–Crippen LogP) is 4.66. The number of aliphatic hydroxyl groups excluding tert-OH is 2. The lowest BCUT2D eigenvalue weighted by Gasteiger charge is -2.63. The molecular formula is C29H48O5. The Labute approximate surface area is 206 Å². The summed E-state index contributed by atoms with van der Waals surface area (Å²) >= 11 is 0. The van der Waals surface area contributed by atoms with Gasteiger partial charge in [0.2, 0.25) is 0 Å². The summed E-state index contributed by atoms with van der Waals surface area (Å²) in [4.78, 5) is 0. The van der Waals surface area contributed by atoms with Crippen LogP contribution in [0.1, 0.15) is 99.8 Å². The molecule has 0 bridgehead atoms. The minimum Gasteiger partial charge on any atom is -0.393 e. The molecule has 6 fully saturated rings. The van der Waals surface area contributed by atoms with Crippen molar-refractivity contribution in [3.05, 3.63) is 0 Å². The molecule has 0 radical (unpaired) electrons. The Hall–Kier alpha value is -0.200. The van der Waals surface area contributed by atoms with Gasteiger partial charge in [-0.25, -0.2) is 0 Å². The van der Waals surface area contributed by atoms with E-state index in [2.05, 4.69) is 41.5 Å². The highest BCUT2D eigenvalue weighted by Gasteiger charge is 2.78. The van der Waals surface area contributed by atoms with Gasteiger partial charge in [-0.05, 0) is 106 Å². The van der Waals surface area contributed by atoms with Crippen LogP contribution in [0.25, 0.3) is 0 Å². The van der Waals surface area contributed by atoms with Crippen molar-refractivity contribution in [2.24, 2.45) is 45.8 Å². The molecule has 4 saturated carbocycles. The molecule has 0 unspecified atom stereocenters. The van der Waals surface area contributed by atoms with Crippen LogP contribution in [-0.2, 0) is 9.47 Å². The van der Waals surface area contributed by atoms with Gasteiger partial charge in [0.25, 0.3) is 0 Å². The van der Waals surface area contributed by atoms with E-state index in [0.29, 0.717) is 24.2 Å². The maximum atomic E-state index is 12.3. The third kappa shape index (κ3) is 2.75. The zero-order chi connectivity index (χ0) is 24.7. The smallest absolute Gasteiger partial charge is 0.198 e. The third-order valence-electron chi connectivity index (χ3n) is 13.0. The standard InChI is InChI=1S/C29H48O5/c1-24(2)15-29(34-25(24,3)4)28(7,32)23-21(33-29)13-19-18-9-8-16-12-17(30)10-11-26(16,5)22(18)20(31)14-27(19,23)6/h16-23,30-32H,8-15H2,1-7H3/t16-,17+,18-,19-,20-,21-,22+,23-,26-,27-,28+,29-/m0/s1. The molecular weight excluding hydrogens is 428 g/mol. The Morgan fingerprint density at radius 1 is 0.853 bits per heavy atom. The molecule has 3 N–H and O–H groups in total. The van der Waals surface area contributed by atoms with Gasteiger partial charge in [-0.15, -0.1) is 0 Å². The van der Waals surface area contributed by atoms with Crippen molar-refractivity contribution >= 4 is 0 Å². The van der Waals surface area contributed by atoms with E-state index in [0.717, 1.165) is 44.9 Å². The second kappa shape index (κ2) is 6.81. The number of hydrogen-bond donors (Lipinski definition) is 3. The van der Waals surface area contributed by atoms with E-state index < -0.39 is 11.4 Å². The highest BCUT2D eigenvalue weighted by molar-refractivity contribution is 5.23. The molecule has 12 atom stereocenters. The summed E-state index contributed by atoms with van der Waals surface area (Å²) < 4.78 is 13.5. The van der Waals surface area contributed by atoms with Crippen molar-refractivity contribution in [1.29, 1.82) is 0 Å². The molecule has 2 saturated heterocycles. The maximum absolute atomic E-state index is 12.3. The summed E-state index contributed by atoms with van der Waals surface area (Å²) in [6.07, 6.45) is 6.85. The lowest BCUT2D eigenvalue weighted by Crippen LogP contribution is -2.62. The lowest BCUT2D eigenvalue weighted by atomic mass is 9.43. The number of ether oxygens (including phenoxy) is 2.